The van der Waals surface area contributed by atoms with Gasteiger partial charge in [-0.05, 0) is 35.1 Å². The van der Waals surface area contributed by atoms with E-state index in [9.17, 15) is 0 Å². The van der Waals surface area contributed by atoms with E-state index in [0.717, 1.165) is 20.2 Å². The molecule has 13 heavy (non-hydrogen) atoms. The zero-order valence-electron chi connectivity index (χ0n) is 7.21. The Bertz CT molecular complexity index is 466. The number of hydrogen-bond donors (Lipinski definition) is 1. The second kappa shape index (κ2) is 3.14. The number of nitrogens with two attached hydrogens (primary N) is 1. The van der Waals surface area contributed by atoms with Gasteiger partial charge in [0.15, 0.2) is 0 Å². The number of para-hydroxylation sites is 1. The third-order valence-electron chi connectivity index (χ3n) is 2.06. The van der Waals surface area contributed by atoms with E-state index in [4.69, 9.17) is 5.73 Å². The van der Waals surface area contributed by atoms with Crippen LogP contribution in [0.3, 0.4) is 0 Å². The predicted octanol–water partition coefficient (Wildman–Crippen LogP) is 2.73. The summed E-state index contributed by atoms with van der Waals surface area (Å²) in [6, 6.07) is 6.13. The highest BCUT2D eigenvalue weighted by molar-refractivity contribution is 14.1. The van der Waals surface area contributed by atoms with Gasteiger partial charge < -0.3 is 5.73 Å². The number of anilines is 1. The van der Waals surface area contributed by atoms with Crippen LogP contribution in [0.1, 0.15) is 5.56 Å². The first-order valence-electron chi connectivity index (χ1n) is 3.99. The third kappa shape index (κ3) is 1.37. The summed E-state index contributed by atoms with van der Waals surface area (Å²) in [7, 11) is 0. The van der Waals surface area contributed by atoms with Crippen LogP contribution in [0.25, 0.3) is 10.9 Å². The summed E-state index contributed by atoms with van der Waals surface area (Å²) in [6.07, 6.45) is 1.72. The van der Waals surface area contributed by atoms with Crippen LogP contribution in [0.2, 0.25) is 0 Å². The fraction of sp³-hybridized carbons (Fsp3) is 0.100. The van der Waals surface area contributed by atoms with Crippen LogP contribution in [0, 0.1) is 10.5 Å². The SMILES string of the molecule is Cc1cccc2c(I)c(N)cnc12. The number of hydrogen-bond acceptors (Lipinski definition) is 2. The Morgan fingerprint density at radius 3 is 2.92 bits per heavy atom. The molecular weight excluding hydrogens is 275 g/mol. The van der Waals surface area contributed by atoms with Crippen LogP contribution in [0.4, 0.5) is 5.69 Å². The summed E-state index contributed by atoms with van der Waals surface area (Å²) in [6.45, 7) is 2.06. The molecule has 0 bridgehead atoms. The number of aryl methyl sites for hydroxylation is 1. The Balaban J connectivity index is 2.94. The Morgan fingerprint density at radius 2 is 2.15 bits per heavy atom. The quantitative estimate of drug-likeness (QED) is 0.755. The van der Waals surface area contributed by atoms with Crippen molar-refractivity contribution in [3.05, 3.63) is 33.5 Å². The van der Waals surface area contributed by atoms with E-state index in [0.29, 0.717) is 0 Å². The van der Waals surface area contributed by atoms with Crippen molar-refractivity contribution in [1.82, 2.24) is 4.98 Å². The van der Waals surface area contributed by atoms with Crippen molar-refractivity contribution in [3.8, 4) is 0 Å². The number of rotatable bonds is 0. The van der Waals surface area contributed by atoms with Gasteiger partial charge in [0.1, 0.15) is 0 Å². The molecule has 0 atom stereocenters. The van der Waals surface area contributed by atoms with Crippen LogP contribution in [0.15, 0.2) is 24.4 Å². The highest BCUT2D eigenvalue weighted by atomic mass is 127. The molecule has 0 fully saturated rings. The molecular formula is C10H9IN2. The van der Waals surface area contributed by atoms with Crippen molar-refractivity contribution >= 4 is 39.2 Å². The lowest BCUT2D eigenvalue weighted by Gasteiger charge is -2.04. The number of benzene rings is 1. The highest BCUT2D eigenvalue weighted by Crippen LogP contribution is 2.25. The monoisotopic (exact) mass is 284 g/mol. The first-order valence-corrected chi connectivity index (χ1v) is 5.07. The van der Waals surface area contributed by atoms with Gasteiger partial charge in [0.25, 0.3) is 0 Å². The van der Waals surface area contributed by atoms with Crippen LogP contribution in [-0.2, 0) is 0 Å². The third-order valence-corrected chi connectivity index (χ3v) is 3.26. The predicted molar refractivity (Wildman–Crippen MR) is 63.6 cm³/mol. The first kappa shape index (κ1) is 8.74. The number of aromatic nitrogens is 1. The molecule has 0 unspecified atom stereocenters. The van der Waals surface area contributed by atoms with Crippen LogP contribution in [-0.4, -0.2) is 4.98 Å². The fourth-order valence-corrected chi connectivity index (χ4v) is 1.93. The molecule has 2 nitrogen and oxygen atoms in total. The molecule has 2 aromatic rings. The lowest BCUT2D eigenvalue weighted by molar-refractivity contribution is 1.36. The molecule has 66 valence electrons. The van der Waals surface area contributed by atoms with Gasteiger partial charge in [0.05, 0.1) is 17.4 Å². The van der Waals surface area contributed by atoms with E-state index >= 15 is 0 Å². The van der Waals surface area contributed by atoms with E-state index in [1.165, 1.54) is 5.56 Å². The molecule has 0 saturated heterocycles. The smallest absolute Gasteiger partial charge is 0.0743 e. The molecule has 1 aromatic carbocycles. The average Bonchev–Trinajstić information content (AvgIpc) is 2.12. The highest BCUT2D eigenvalue weighted by Gasteiger charge is 2.04. The molecule has 3 heteroatoms. The number of pyridine rings is 1. The van der Waals surface area contributed by atoms with Crippen molar-refractivity contribution in [2.24, 2.45) is 0 Å². The Morgan fingerprint density at radius 1 is 1.38 bits per heavy atom. The van der Waals surface area contributed by atoms with Gasteiger partial charge in [0, 0.05) is 8.96 Å². The summed E-state index contributed by atoms with van der Waals surface area (Å²) in [5.41, 5.74) is 8.75. The van der Waals surface area contributed by atoms with Gasteiger partial charge >= 0.3 is 0 Å². The van der Waals surface area contributed by atoms with Gasteiger partial charge in [0.2, 0.25) is 0 Å². The summed E-state index contributed by atoms with van der Waals surface area (Å²) >= 11 is 2.25. The number of fused-ring (bicyclic) bond motifs is 1. The summed E-state index contributed by atoms with van der Waals surface area (Å²) in [4.78, 5) is 4.31. The van der Waals surface area contributed by atoms with Crippen molar-refractivity contribution in [2.45, 2.75) is 6.92 Å². The Hall–Kier alpha value is -0.840. The number of halogens is 1. The maximum atomic E-state index is 5.77. The topological polar surface area (TPSA) is 38.9 Å². The molecule has 2 rings (SSSR count). The van der Waals surface area contributed by atoms with E-state index in [2.05, 4.69) is 40.6 Å². The van der Waals surface area contributed by atoms with Crippen LogP contribution >= 0.6 is 22.6 Å². The van der Waals surface area contributed by atoms with Crippen molar-refractivity contribution in [2.75, 3.05) is 5.73 Å². The minimum absolute atomic E-state index is 0.749. The summed E-state index contributed by atoms with van der Waals surface area (Å²) in [5.74, 6) is 0. The standard InChI is InChI=1S/C10H9IN2/c1-6-3-2-4-7-9(11)8(12)5-13-10(6)7/h2-5H,12H2,1H3. The lowest BCUT2D eigenvalue weighted by Crippen LogP contribution is -1.93. The van der Waals surface area contributed by atoms with E-state index in [1.54, 1.807) is 6.20 Å². The van der Waals surface area contributed by atoms with Crippen molar-refractivity contribution < 1.29 is 0 Å². The van der Waals surface area contributed by atoms with Gasteiger partial charge in [-0.2, -0.15) is 0 Å². The van der Waals surface area contributed by atoms with E-state index in [1.807, 2.05) is 12.1 Å². The molecule has 0 saturated carbocycles. The maximum absolute atomic E-state index is 5.77. The van der Waals surface area contributed by atoms with Gasteiger partial charge in [-0.1, -0.05) is 18.2 Å². The largest absolute Gasteiger partial charge is 0.397 e. The van der Waals surface area contributed by atoms with Crippen LogP contribution < -0.4 is 5.73 Å². The molecule has 1 heterocycles. The molecule has 2 N–H and O–H groups in total. The zero-order chi connectivity index (χ0) is 9.42. The first-order chi connectivity index (χ1) is 6.20. The summed E-state index contributed by atoms with van der Waals surface area (Å²) in [5, 5.41) is 1.14. The molecule has 1 aromatic heterocycles. The van der Waals surface area contributed by atoms with Gasteiger partial charge in [-0.25, -0.2) is 0 Å². The van der Waals surface area contributed by atoms with E-state index in [-0.39, 0.29) is 0 Å². The molecule has 0 aliphatic carbocycles. The maximum Gasteiger partial charge on any atom is 0.0743 e. The van der Waals surface area contributed by atoms with Crippen molar-refractivity contribution in [3.63, 3.8) is 0 Å². The second-order valence-electron chi connectivity index (χ2n) is 3.00. The number of nitrogens with zero attached hydrogens (tertiary/aromatic N) is 1. The summed E-state index contributed by atoms with van der Waals surface area (Å²) < 4.78 is 1.09. The van der Waals surface area contributed by atoms with E-state index < -0.39 is 0 Å². The minimum Gasteiger partial charge on any atom is -0.397 e. The molecule has 0 amide bonds. The molecule has 0 radical (unpaired) electrons. The molecule has 0 aliphatic rings. The average molecular weight is 284 g/mol. The van der Waals surface area contributed by atoms with Gasteiger partial charge in [-0.3, -0.25) is 4.98 Å². The molecule has 0 aliphatic heterocycles. The molecule has 0 spiro atoms. The van der Waals surface area contributed by atoms with Crippen molar-refractivity contribution in [1.29, 1.82) is 0 Å². The zero-order valence-corrected chi connectivity index (χ0v) is 9.37. The van der Waals surface area contributed by atoms with Gasteiger partial charge in [-0.15, -0.1) is 0 Å². The normalized spacial score (nSPS) is 10.6. The fourth-order valence-electron chi connectivity index (χ4n) is 1.35. The Labute approximate surface area is 90.3 Å². The lowest BCUT2D eigenvalue weighted by atomic mass is 10.1. The Kier molecular flexibility index (Phi) is 2.11. The van der Waals surface area contributed by atoms with Crippen LogP contribution in [0.5, 0.6) is 0 Å². The number of nitrogen functional groups attached to an aromatic ring is 1. The minimum atomic E-state index is 0.749. The second-order valence-corrected chi connectivity index (χ2v) is 4.08.